The molecule has 5 rings (SSSR count). The minimum atomic E-state index is -0.270. The van der Waals surface area contributed by atoms with Gasteiger partial charge in [0.15, 0.2) is 5.82 Å². The molecule has 0 amide bonds. The van der Waals surface area contributed by atoms with Gasteiger partial charge >= 0.3 is 0 Å². The van der Waals surface area contributed by atoms with E-state index in [4.69, 9.17) is 11.6 Å². The van der Waals surface area contributed by atoms with Crippen LogP contribution in [-0.4, -0.2) is 41.6 Å². The number of aromatic nitrogens is 5. The number of hydrogen-bond acceptors (Lipinski definition) is 6. The normalized spacial score (nSPS) is 18.5. The second-order valence-corrected chi connectivity index (χ2v) is 9.46. The van der Waals surface area contributed by atoms with E-state index in [1.54, 1.807) is 10.9 Å². The average molecular weight is 480 g/mol. The van der Waals surface area contributed by atoms with E-state index in [2.05, 4.69) is 30.3 Å². The van der Waals surface area contributed by atoms with Gasteiger partial charge in [-0.25, -0.2) is 9.67 Å². The number of benzene rings is 1. The largest absolute Gasteiger partial charge is 0.392 e. The fourth-order valence-corrected chi connectivity index (χ4v) is 4.93. The summed E-state index contributed by atoms with van der Waals surface area (Å²) in [6, 6.07) is 8.03. The first kappa shape index (κ1) is 22.8. The first-order valence-electron chi connectivity index (χ1n) is 11.7. The fraction of sp³-hybridized carbons (Fsp3) is 0.400. The maximum atomic E-state index is 10.2. The van der Waals surface area contributed by atoms with Crippen molar-refractivity contribution >= 4 is 34.1 Å². The Labute approximate surface area is 204 Å². The predicted molar refractivity (Wildman–Crippen MR) is 135 cm³/mol. The molecule has 0 saturated heterocycles. The van der Waals surface area contributed by atoms with Gasteiger partial charge in [-0.2, -0.15) is 10.1 Å². The van der Waals surface area contributed by atoms with Crippen molar-refractivity contribution in [3.05, 3.63) is 58.6 Å². The first-order chi connectivity index (χ1) is 16.4. The molecule has 178 valence electrons. The maximum absolute atomic E-state index is 10.2. The Bertz CT molecular complexity index is 1330. The molecule has 1 aliphatic carbocycles. The number of anilines is 2. The van der Waals surface area contributed by atoms with Crippen molar-refractivity contribution < 1.29 is 5.11 Å². The van der Waals surface area contributed by atoms with E-state index in [1.807, 2.05) is 51.4 Å². The summed E-state index contributed by atoms with van der Waals surface area (Å²) in [6.45, 7) is 4.67. The van der Waals surface area contributed by atoms with Crippen molar-refractivity contribution in [3.63, 3.8) is 0 Å². The van der Waals surface area contributed by atoms with Crippen molar-refractivity contribution in [2.45, 2.75) is 58.2 Å². The Morgan fingerprint density at radius 2 is 2.00 bits per heavy atom. The van der Waals surface area contributed by atoms with E-state index in [0.29, 0.717) is 18.3 Å². The van der Waals surface area contributed by atoms with Crippen LogP contribution in [0.5, 0.6) is 0 Å². The third-order valence-corrected chi connectivity index (χ3v) is 7.31. The molecule has 1 saturated carbocycles. The monoisotopic (exact) mass is 479 g/mol. The van der Waals surface area contributed by atoms with Crippen LogP contribution >= 0.6 is 11.6 Å². The zero-order chi connectivity index (χ0) is 23.8. The predicted octanol–water partition coefficient (Wildman–Crippen LogP) is 4.56. The molecule has 0 aliphatic heterocycles. The molecule has 8 nitrogen and oxygen atoms in total. The van der Waals surface area contributed by atoms with Crippen molar-refractivity contribution in [1.82, 2.24) is 29.6 Å². The van der Waals surface area contributed by atoms with E-state index in [1.165, 1.54) is 0 Å². The topological polar surface area (TPSA) is 92.8 Å². The summed E-state index contributed by atoms with van der Waals surface area (Å²) in [7, 11) is 2.01. The summed E-state index contributed by atoms with van der Waals surface area (Å²) < 4.78 is 3.86. The molecular formula is C25H30ClN7O. The Balaban J connectivity index is 1.33. The summed E-state index contributed by atoms with van der Waals surface area (Å²) in [5.41, 5.74) is 5.00. The van der Waals surface area contributed by atoms with Crippen molar-refractivity contribution in [3.8, 4) is 5.82 Å². The molecule has 34 heavy (non-hydrogen) atoms. The van der Waals surface area contributed by atoms with Gasteiger partial charge in [0.05, 0.1) is 16.8 Å². The van der Waals surface area contributed by atoms with Gasteiger partial charge in [0.2, 0.25) is 5.95 Å². The number of aliphatic hydroxyl groups excluding tert-OH is 1. The number of nitrogens with zero attached hydrogens (tertiary/aromatic N) is 5. The number of aliphatic hydroxyl groups is 1. The highest BCUT2D eigenvalue weighted by Gasteiger charge is 2.22. The molecule has 3 heterocycles. The second-order valence-electron chi connectivity index (χ2n) is 9.08. The molecular weight excluding hydrogens is 450 g/mol. The van der Waals surface area contributed by atoms with Crippen LogP contribution in [-0.2, 0) is 13.6 Å². The highest BCUT2D eigenvalue weighted by molar-refractivity contribution is 6.36. The minimum Gasteiger partial charge on any atom is -0.392 e. The van der Waals surface area contributed by atoms with Crippen LogP contribution in [0.15, 0.2) is 36.7 Å². The molecule has 1 fully saturated rings. The lowest BCUT2D eigenvalue weighted by atomic mass is 9.92. The molecule has 2 unspecified atom stereocenters. The SMILES string of the molecule is Cc1nn(-c2ccnc(Nc3ccc4c(c3)c(Cl)c(C)n4C)n2)cc1CNC1CCCCC1O. The summed E-state index contributed by atoms with van der Waals surface area (Å²) in [4.78, 5) is 9.04. The zero-order valence-corrected chi connectivity index (χ0v) is 20.5. The lowest BCUT2D eigenvalue weighted by Crippen LogP contribution is -2.41. The number of fused-ring (bicyclic) bond motifs is 1. The molecule has 0 bridgehead atoms. The van der Waals surface area contributed by atoms with Crippen LogP contribution < -0.4 is 10.6 Å². The van der Waals surface area contributed by atoms with E-state index in [0.717, 1.165) is 64.2 Å². The summed E-state index contributed by atoms with van der Waals surface area (Å²) in [5, 5.41) is 23.4. The van der Waals surface area contributed by atoms with Gasteiger partial charge in [0.1, 0.15) is 0 Å². The van der Waals surface area contributed by atoms with Gasteiger partial charge in [-0.15, -0.1) is 0 Å². The van der Waals surface area contributed by atoms with E-state index >= 15 is 0 Å². The number of hydrogen-bond donors (Lipinski definition) is 3. The summed E-state index contributed by atoms with van der Waals surface area (Å²) >= 11 is 6.52. The van der Waals surface area contributed by atoms with Gasteiger partial charge in [-0.3, -0.25) is 0 Å². The summed E-state index contributed by atoms with van der Waals surface area (Å²) in [5.74, 6) is 1.16. The molecule has 4 aromatic rings. The Hall–Kier alpha value is -2.94. The summed E-state index contributed by atoms with van der Waals surface area (Å²) in [6.07, 6.45) is 7.58. The van der Waals surface area contributed by atoms with Gasteiger partial charge in [-0.1, -0.05) is 24.4 Å². The average Bonchev–Trinajstić information content (AvgIpc) is 3.31. The van der Waals surface area contributed by atoms with Crippen LogP contribution in [0.25, 0.3) is 16.7 Å². The molecule has 3 N–H and O–H groups in total. The van der Waals surface area contributed by atoms with E-state index in [-0.39, 0.29) is 12.1 Å². The molecule has 2 atom stereocenters. The quantitative estimate of drug-likeness (QED) is 0.375. The van der Waals surface area contributed by atoms with Crippen LogP contribution in [0.2, 0.25) is 5.02 Å². The maximum Gasteiger partial charge on any atom is 0.229 e. The Morgan fingerprint density at radius 1 is 1.18 bits per heavy atom. The molecule has 1 aliphatic rings. The van der Waals surface area contributed by atoms with Gasteiger partial charge < -0.3 is 20.3 Å². The standard InChI is InChI=1S/C25H30ClN7O/c1-15-17(13-28-20-6-4-5-7-22(20)34)14-33(31-15)23-10-11-27-25(30-23)29-18-8-9-21-19(12-18)24(26)16(2)32(21)3/h8-12,14,20,22,28,34H,4-7,13H2,1-3H3,(H,27,29,30). The molecule has 0 radical (unpaired) electrons. The second kappa shape index (κ2) is 9.37. The zero-order valence-electron chi connectivity index (χ0n) is 19.7. The van der Waals surface area contributed by atoms with E-state index in [9.17, 15) is 5.11 Å². The van der Waals surface area contributed by atoms with Crippen molar-refractivity contribution in [1.29, 1.82) is 0 Å². The Kier molecular flexibility index (Phi) is 6.29. The third kappa shape index (κ3) is 4.41. The number of aryl methyl sites for hydroxylation is 2. The lowest BCUT2D eigenvalue weighted by Gasteiger charge is -2.28. The molecule has 0 spiro atoms. The lowest BCUT2D eigenvalue weighted by molar-refractivity contribution is 0.0902. The number of nitrogens with one attached hydrogen (secondary N) is 2. The third-order valence-electron chi connectivity index (χ3n) is 6.83. The van der Waals surface area contributed by atoms with Gasteiger partial charge in [0, 0.05) is 65.9 Å². The van der Waals surface area contributed by atoms with Crippen LogP contribution in [0, 0.1) is 13.8 Å². The van der Waals surface area contributed by atoms with Crippen molar-refractivity contribution in [2.75, 3.05) is 5.32 Å². The van der Waals surface area contributed by atoms with Crippen LogP contribution in [0.3, 0.4) is 0 Å². The molecule has 9 heteroatoms. The number of rotatable bonds is 6. The van der Waals surface area contributed by atoms with Gasteiger partial charge in [-0.05, 0) is 44.9 Å². The smallest absolute Gasteiger partial charge is 0.229 e. The molecule has 1 aromatic carbocycles. The number of halogens is 1. The first-order valence-corrected chi connectivity index (χ1v) is 12.1. The van der Waals surface area contributed by atoms with Crippen molar-refractivity contribution in [2.24, 2.45) is 7.05 Å². The minimum absolute atomic E-state index is 0.144. The van der Waals surface area contributed by atoms with E-state index < -0.39 is 0 Å². The molecule has 3 aromatic heterocycles. The fourth-order valence-electron chi connectivity index (χ4n) is 4.65. The van der Waals surface area contributed by atoms with Crippen LogP contribution in [0.1, 0.15) is 42.6 Å². The Morgan fingerprint density at radius 3 is 2.82 bits per heavy atom. The van der Waals surface area contributed by atoms with Crippen LogP contribution in [0.4, 0.5) is 11.6 Å². The highest BCUT2D eigenvalue weighted by Crippen LogP contribution is 2.32. The van der Waals surface area contributed by atoms with Gasteiger partial charge in [0.25, 0.3) is 0 Å². The highest BCUT2D eigenvalue weighted by atomic mass is 35.5.